The highest BCUT2D eigenvalue weighted by Gasteiger charge is 2.40. The van der Waals surface area contributed by atoms with Crippen molar-refractivity contribution < 1.29 is 13.6 Å². The highest BCUT2D eigenvalue weighted by atomic mass is 19.3. The van der Waals surface area contributed by atoms with E-state index in [1.54, 1.807) is 0 Å². The molecule has 1 rings (SSSR count). The van der Waals surface area contributed by atoms with Crippen LogP contribution in [-0.2, 0) is 4.79 Å². The molecule has 0 aromatic carbocycles. The zero-order valence-electron chi connectivity index (χ0n) is 8.81. The summed E-state index contributed by atoms with van der Waals surface area (Å²) >= 11 is 0. The van der Waals surface area contributed by atoms with Gasteiger partial charge in [0.25, 0.3) is 5.91 Å². The van der Waals surface area contributed by atoms with Gasteiger partial charge in [0.2, 0.25) is 0 Å². The van der Waals surface area contributed by atoms with Gasteiger partial charge < -0.3 is 5.32 Å². The first kappa shape index (κ1) is 11.4. The van der Waals surface area contributed by atoms with Crippen LogP contribution >= 0.6 is 0 Å². The largest absolute Gasteiger partial charge is 0.348 e. The molecule has 1 amide bonds. The average molecular weight is 205 g/mol. The van der Waals surface area contributed by atoms with Gasteiger partial charge in [-0.15, -0.1) is 0 Å². The van der Waals surface area contributed by atoms with E-state index < -0.39 is 12.3 Å². The van der Waals surface area contributed by atoms with Crippen molar-refractivity contribution >= 4 is 5.91 Å². The summed E-state index contributed by atoms with van der Waals surface area (Å²) in [6.45, 7) is 5.88. The molecule has 0 aliphatic heterocycles. The third-order valence-electron chi connectivity index (χ3n) is 2.52. The molecule has 14 heavy (non-hydrogen) atoms. The lowest BCUT2D eigenvalue weighted by molar-refractivity contribution is -0.133. The van der Waals surface area contributed by atoms with Crippen LogP contribution in [0.4, 0.5) is 8.78 Å². The van der Waals surface area contributed by atoms with Crippen molar-refractivity contribution in [2.45, 2.75) is 46.1 Å². The maximum atomic E-state index is 12.0. The number of hydrogen-bond acceptors (Lipinski definition) is 1. The number of rotatable bonds is 3. The Bertz CT molecular complexity index is 219. The summed E-state index contributed by atoms with van der Waals surface area (Å²) in [5.41, 5.74) is -0.147. The Morgan fingerprint density at radius 1 is 1.36 bits per heavy atom. The maximum Gasteiger partial charge on any atom is 0.315 e. The van der Waals surface area contributed by atoms with Crippen LogP contribution in [0.15, 0.2) is 0 Å². The average Bonchev–Trinajstić information content (AvgIpc) is 2.79. The number of halogens is 2. The fourth-order valence-electron chi connectivity index (χ4n) is 1.69. The first-order valence-corrected chi connectivity index (χ1v) is 4.91. The quantitative estimate of drug-likeness (QED) is 0.751. The minimum atomic E-state index is -2.90. The fraction of sp³-hybridized carbons (Fsp3) is 0.900. The number of nitrogens with one attached hydrogen (secondary N) is 1. The van der Waals surface area contributed by atoms with Crippen molar-refractivity contribution in [3.8, 4) is 0 Å². The van der Waals surface area contributed by atoms with E-state index in [-0.39, 0.29) is 11.5 Å². The van der Waals surface area contributed by atoms with Gasteiger partial charge in [-0.3, -0.25) is 4.79 Å². The second-order valence-electron chi connectivity index (χ2n) is 4.99. The number of carbonyl (C=O) groups excluding carboxylic acids is 1. The van der Waals surface area contributed by atoms with E-state index in [0.29, 0.717) is 5.92 Å². The molecule has 4 heteroatoms. The van der Waals surface area contributed by atoms with E-state index in [4.69, 9.17) is 0 Å². The van der Waals surface area contributed by atoms with Gasteiger partial charge in [-0.05, 0) is 24.2 Å². The first-order chi connectivity index (χ1) is 6.32. The smallest absolute Gasteiger partial charge is 0.315 e. The predicted octanol–water partition coefficient (Wildman–Crippen LogP) is 2.19. The molecule has 82 valence electrons. The van der Waals surface area contributed by atoms with Crippen molar-refractivity contribution in [2.75, 3.05) is 0 Å². The molecule has 0 saturated heterocycles. The number of carbonyl (C=O) groups is 1. The third kappa shape index (κ3) is 2.93. The van der Waals surface area contributed by atoms with Gasteiger partial charge in [-0.2, -0.15) is 8.78 Å². The minimum absolute atomic E-state index is 0.121. The lowest BCUT2D eigenvalue weighted by Crippen LogP contribution is -2.47. The van der Waals surface area contributed by atoms with Crippen molar-refractivity contribution in [1.82, 2.24) is 5.32 Å². The lowest BCUT2D eigenvalue weighted by Gasteiger charge is -2.31. The molecule has 1 fully saturated rings. The van der Waals surface area contributed by atoms with Crippen LogP contribution in [0.25, 0.3) is 0 Å². The van der Waals surface area contributed by atoms with Crippen LogP contribution in [0.1, 0.15) is 33.6 Å². The molecule has 0 heterocycles. The molecule has 0 aromatic heterocycles. The van der Waals surface area contributed by atoms with Gasteiger partial charge in [0, 0.05) is 6.04 Å². The summed E-state index contributed by atoms with van der Waals surface area (Å²) in [6, 6.07) is -0.121. The Morgan fingerprint density at radius 3 is 2.14 bits per heavy atom. The Labute approximate surface area is 83.1 Å². The summed E-state index contributed by atoms with van der Waals surface area (Å²) in [4.78, 5) is 10.9. The van der Waals surface area contributed by atoms with Crippen LogP contribution in [0, 0.1) is 11.3 Å². The van der Waals surface area contributed by atoms with Gasteiger partial charge in [0.15, 0.2) is 0 Å². The molecule has 0 radical (unpaired) electrons. The fourth-order valence-corrected chi connectivity index (χ4v) is 1.69. The van der Waals surface area contributed by atoms with E-state index in [2.05, 4.69) is 5.32 Å². The Kier molecular flexibility index (Phi) is 3.12. The molecule has 0 aromatic rings. The van der Waals surface area contributed by atoms with Crippen molar-refractivity contribution in [3.63, 3.8) is 0 Å². The Hall–Kier alpha value is -0.670. The zero-order chi connectivity index (χ0) is 10.9. The maximum absolute atomic E-state index is 12.0. The standard InChI is InChI=1S/C10H17F2NO/c1-10(2,3)7(6-4-5-6)13-9(14)8(11)12/h6-8H,4-5H2,1-3H3,(H,13,14). The monoisotopic (exact) mass is 205 g/mol. The minimum Gasteiger partial charge on any atom is -0.348 e. The van der Waals surface area contributed by atoms with Crippen molar-refractivity contribution in [2.24, 2.45) is 11.3 Å². The van der Waals surface area contributed by atoms with Crippen molar-refractivity contribution in [3.05, 3.63) is 0 Å². The topological polar surface area (TPSA) is 29.1 Å². The lowest BCUT2D eigenvalue weighted by atomic mass is 9.83. The summed E-state index contributed by atoms with van der Waals surface area (Å²) in [7, 11) is 0. The molecule has 1 N–H and O–H groups in total. The predicted molar refractivity (Wildman–Crippen MR) is 50.1 cm³/mol. The number of alkyl halides is 2. The molecule has 0 bridgehead atoms. The summed E-state index contributed by atoms with van der Waals surface area (Å²) in [5.74, 6) is -0.755. The van der Waals surface area contributed by atoms with Gasteiger partial charge in [0.05, 0.1) is 0 Å². The summed E-state index contributed by atoms with van der Waals surface area (Å²) in [5, 5.41) is 2.43. The molecule has 1 aliphatic carbocycles. The van der Waals surface area contributed by atoms with E-state index in [1.807, 2.05) is 20.8 Å². The molecular formula is C10H17F2NO. The molecular weight excluding hydrogens is 188 g/mol. The Morgan fingerprint density at radius 2 is 1.86 bits per heavy atom. The number of amides is 1. The SMILES string of the molecule is CC(C)(C)C(NC(=O)C(F)F)C1CC1. The van der Waals surface area contributed by atoms with Gasteiger partial charge in [-0.1, -0.05) is 20.8 Å². The zero-order valence-corrected chi connectivity index (χ0v) is 8.81. The molecule has 1 aliphatic rings. The van der Waals surface area contributed by atoms with Crippen LogP contribution in [0.2, 0.25) is 0 Å². The van der Waals surface area contributed by atoms with E-state index in [9.17, 15) is 13.6 Å². The molecule has 1 atom stereocenters. The molecule has 2 nitrogen and oxygen atoms in total. The second kappa shape index (κ2) is 3.83. The van der Waals surface area contributed by atoms with Crippen LogP contribution in [-0.4, -0.2) is 18.4 Å². The first-order valence-electron chi connectivity index (χ1n) is 4.91. The van der Waals surface area contributed by atoms with Gasteiger partial charge in [0.1, 0.15) is 0 Å². The highest BCUT2D eigenvalue weighted by molar-refractivity contribution is 5.79. The molecule has 1 unspecified atom stereocenters. The molecule has 1 saturated carbocycles. The third-order valence-corrected chi connectivity index (χ3v) is 2.52. The molecule has 0 spiro atoms. The van der Waals surface area contributed by atoms with E-state index in [1.165, 1.54) is 0 Å². The van der Waals surface area contributed by atoms with Gasteiger partial charge >= 0.3 is 6.43 Å². The van der Waals surface area contributed by atoms with E-state index in [0.717, 1.165) is 12.8 Å². The van der Waals surface area contributed by atoms with Crippen LogP contribution in [0.3, 0.4) is 0 Å². The summed E-state index contributed by atoms with van der Waals surface area (Å²) < 4.78 is 24.1. The van der Waals surface area contributed by atoms with Crippen molar-refractivity contribution in [1.29, 1.82) is 0 Å². The Balaban J connectivity index is 2.56. The van der Waals surface area contributed by atoms with E-state index >= 15 is 0 Å². The highest BCUT2D eigenvalue weighted by Crippen LogP contribution is 2.40. The normalized spacial score (nSPS) is 19.6. The second-order valence-corrected chi connectivity index (χ2v) is 4.99. The van der Waals surface area contributed by atoms with Crippen LogP contribution < -0.4 is 5.32 Å². The summed E-state index contributed by atoms with van der Waals surface area (Å²) in [6.07, 6.45) is -0.838. The van der Waals surface area contributed by atoms with Crippen LogP contribution in [0.5, 0.6) is 0 Å². The van der Waals surface area contributed by atoms with Gasteiger partial charge in [-0.25, -0.2) is 0 Å². The number of hydrogen-bond donors (Lipinski definition) is 1.